The summed E-state index contributed by atoms with van der Waals surface area (Å²) in [6.45, 7) is 2.80. The molecule has 1 aliphatic rings. The van der Waals surface area contributed by atoms with Gasteiger partial charge < -0.3 is 15.2 Å². The van der Waals surface area contributed by atoms with Gasteiger partial charge in [-0.3, -0.25) is 9.59 Å². The lowest BCUT2D eigenvalue weighted by Crippen LogP contribution is -2.38. The van der Waals surface area contributed by atoms with Crippen molar-refractivity contribution in [3.63, 3.8) is 0 Å². The molecule has 0 atom stereocenters. The second kappa shape index (κ2) is 8.56. The number of unbranched alkanes of at least 4 members (excludes halogenated alkanes) is 1. The van der Waals surface area contributed by atoms with E-state index in [0.717, 1.165) is 31.4 Å². The second-order valence-corrected chi connectivity index (χ2v) is 6.09. The van der Waals surface area contributed by atoms with Crippen molar-refractivity contribution in [1.29, 1.82) is 0 Å². The van der Waals surface area contributed by atoms with Gasteiger partial charge in [0, 0.05) is 11.6 Å². The number of benzene rings is 1. The van der Waals surface area contributed by atoms with E-state index in [9.17, 15) is 9.59 Å². The van der Waals surface area contributed by atoms with Crippen LogP contribution in [0.5, 0.6) is 5.75 Å². The van der Waals surface area contributed by atoms with Crippen LogP contribution >= 0.6 is 0 Å². The van der Waals surface area contributed by atoms with Crippen LogP contribution in [0.1, 0.15) is 55.8 Å². The number of carbonyl (C=O) groups is 2. The third kappa shape index (κ3) is 5.27. The first-order chi connectivity index (χ1) is 11.1. The Bertz CT molecular complexity index is 518. The maximum atomic E-state index is 12.2. The number of carboxylic acid groups (broad SMARTS) is 1. The van der Waals surface area contributed by atoms with E-state index in [2.05, 4.69) is 12.2 Å². The topological polar surface area (TPSA) is 75.6 Å². The molecular formula is C18H25NO4. The predicted octanol–water partition coefficient (Wildman–Crippen LogP) is 3.24. The summed E-state index contributed by atoms with van der Waals surface area (Å²) in [5.41, 5.74) is 0.605. The molecule has 126 valence electrons. The summed E-state index contributed by atoms with van der Waals surface area (Å²) in [6, 6.07) is 7.22. The number of ether oxygens (including phenoxy) is 1. The van der Waals surface area contributed by atoms with Gasteiger partial charge in [0.2, 0.25) is 0 Å². The third-order valence-corrected chi connectivity index (χ3v) is 4.29. The molecule has 0 saturated heterocycles. The molecule has 0 radical (unpaired) electrons. The highest BCUT2D eigenvalue weighted by Gasteiger charge is 2.26. The van der Waals surface area contributed by atoms with Gasteiger partial charge in [0.05, 0.1) is 12.5 Å². The van der Waals surface area contributed by atoms with Crippen molar-refractivity contribution in [3.8, 4) is 5.75 Å². The van der Waals surface area contributed by atoms with Gasteiger partial charge >= 0.3 is 5.97 Å². The Hall–Kier alpha value is -2.04. The molecule has 0 aliphatic heterocycles. The number of aliphatic carboxylic acids is 1. The first-order valence-corrected chi connectivity index (χ1v) is 8.36. The molecule has 5 heteroatoms. The molecule has 2 rings (SSSR count). The molecule has 1 aliphatic carbocycles. The standard InChI is InChI=1S/C18H25NO4/c1-2-3-12-23-16-10-6-13(7-11-16)17(20)19-15-8-4-14(5-9-15)18(21)22/h6-7,10-11,14-15H,2-5,8-9,12H2,1H3,(H,19,20)(H,21,22). The SMILES string of the molecule is CCCCOc1ccc(C(=O)NC2CCC(C(=O)O)CC2)cc1. The quantitative estimate of drug-likeness (QED) is 0.757. The number of rotatable bonds is 7. The Morgan fingerprint density at radius 1 is 1.17 bits per heavy atom. The molecule has 1 aromatic rings. The van der Waals surface area contributed by atoms with Gasteiger partial charge in [-0.2, -0.15) is 0 Å². The van der Waals surface area contributed by atoms with Crippen LogP contribution in [0.25, 0.3) is 0 Å². The molecule has 0 spiro atoms. The van der Waals surface area contributed by atoms with Crippen molar-refractivity contribution < 1.29 is 19.4 Å². The molecule has 0 heterocycles. The van der Waals surface area contributed by atoms with Gasteiger partial charge in [-0.1, -0.05) is 13.3 Å². The second-order valence-electron chi connectivity index (χ2n) is 6.09. The van der Waals surface area contributed by atoms with Gasteiger partial charge in [0.15, 0.2) is 0 Å². The summed E-state index contributed by atoms with van der Waals surface area (Å²) < 4.78 is 5.58. The van der Waals surface area contributed by atoms with E-state index < -0.39 is 5.97 Å². The molecular weight excluding hydrogens is 294 g/mol. The fourth-order valence-corrected chi connectivity index (χ4v) is 2.79. The van der Waals surface area contributed by atoms with Crippen molar-refractivity contribution >= 4 is 11.9 Å². The molecule has 23 heavy (non-hydrogen) atoms. The lowest BCUT2D eigenvalue weighted by Gasteiger charge is -2.26. The number of carbonyl (C=O) groups excluding carboxylic acids is 1. The minimum absolute atomic E-state index is 0.0681. The normalized spacial score (nSPS) is 20.7. The number of amides is 1. The molecule has 0 unspecified atom stereocenters. The molecule has 1 fully saturated rings. The Kier molecular flexibility index (Phi) is 6.44. The van der Waals surface area contributed by atoms with Crippen molar-refractivity contribution in [1.82, 2.24) is 5.32 Å². The maximum absolute atomic E-state index is 12.2. The lowest BCUT2D eigenvalue weighted by atomic mass is 9.86. The predicted molar refractivity (Wildman–Crippen MR) is 87.7 cm³/mol. The summed E-state index contributed by atoms with van der Waals surface area (Å²) in [7, 11) is 0. The van der Waals surface area contributed by atoms with Gasteiger partial charge in [-0.05, 0) is 56.4 Å². The Morgan fingerprint density at radius 3 is 2.39 bits per heavy atom. The Balaban J connectivity index is 1.80. The minimum Gasteiger partial charge on any atom is -0.494 e. The highest BCUT2D eigenvalue weighted by atomic mass is 16.5. The molecule has 1 amide bonds. The highest BCUT2D eigenvalue weighted by Crippen LogP contribution is 2.24. The smallest absolute Gasteiger partial charge is 0.306 e. The number of carboxylic acids is 1. The number of hydrogen-bond acceptors (Lipinski definition) is 3. The summed E-state index contributed by atoms with van der Waals surface area (Å²) in [4.78, 5) is 23.2. The van der Waals surface area contributed by atoms with Crippen LogP contribution in [0.3, 0.4) is 0 Å². The van der Waals surface area contributed by atoms with Crippen LogP contribution < -0.4 is 10.1 Å². The van der Waals surface area contributed by atoms with E-state index in [0.29, 0.717) is 25.0 Å². The fraction of sp³-hybridized carbons (Fsp3) is 0.556. The Labute approximate surface area is 137 Å². The zero-order valence-corrected chi connectivity index (χ0v) is 13.6. The monoisotopic (exact) mass is 319 g/mol. The van der Waals surface area contributed by atoms with Crippen molar-refractivity contribution in [2.45, 2.75) is 51.5 Å². The van der Waals surface area contributed by atoms with Crippen LogP contribution in [-0.4, -0.2) is 29.6 Å². The van der Waals surface area contributed by atoms with Gasteiger partial charge in [-0.15, -0.1) is 0 Å². The zero-order valence-electron chi connectivity index (χ0n) is 13.6. The van der Waals surface area contributed by atoms with E-state index in [1.54, 1.807) is 12.1 Å². The number of nitrogens with one attached hydrogen (secondary N) is 1. The van der Waals surface area contributed by atoms with Crippen LogP contribution in [0, 0.1) is 5.92 Å². The highest BCUT2D eigenvalue weighted by molar-refractivity contribution is 5.94. The van der Waals surface area contributed by atoms with Gasteiger partial charge in [-0.25, -0.2) is 0 Å². The summed E-state index contributed by atoms with van der Waals surface area (Å²) in [5, 5.41) is 12.0. The van der Waals surface area contributed by atoms with Crippen LogP contribution in [-0.2, 0) is 4.79 Å². The van der Waals surface area contributed by atoms with Crippen molar-refractivity contribution in [2.24, 2.45) is 5.92 Å². The zero-order chi connectivity index (χ0) is 16.7. The molecule has 1 aromatic carbocycles. The first-order valence-electron chi connectivity index (χ1n) is 8.36. The molecule has 0 bridgehead atoms. The third-order valence-electron chi connectivity index (χ3n) is 4.29. The molecule has 1 saturated carbocycles. The average Bonchev–Trinajstić information content (AvgIpc) is 2.56. The van der Waals surface area contributed by atoms with Crippen LogP contribution in [0.2, 0.25) is 0 Å². The minimum atomic E-state index is -0.728. The van der Waals surface area contributed by atoms with Crippen molar-refractivity contribution in [2.75, 3.05) is 6.61 Å². The van der Waals surface area contributed by atoms with E-state index in [1.807, 2.05) is 12.1 Å². The largest absolute Gasteiger partial charge is 0.494 e. The average molecular weight is 319 g/mol. The molecule has 5 nitrogen and oxygen atoms in total. The molecule has 2 N–H and O–H groups in total. The van der Waals surface area contributed by atoms with Gasteiger partial charge in [0.25, 0.3) is 5.91 Å². The van der Waals surface area contributed by atoms with Gasteiger partial charge in [0.1, 0.15) is 5.75 Å². The maximum Gasteiger partial charge on any atom is 0.306 e. The van der Waals surface area contributed by atoms with E-state index in [4.69, 9.17) is 9.84 Å². The number of hydrogen-bond donors (Lipinski definition) is 2. The van der Waals surface area contributed by atoms with E-state index in [-0.39, 0.29) is 17.9 Å². The summed E-state index contributed by atoms with van der Waals surface area (Å²) >= 11 is 0. The fourth-order valence-electron chi connectivity index (χ4n) is 2.79. The van der Waals surface area contributed by atoms with Crippen molar-refractivity contribution in [3.05, 3.63) is 29.8 Å². The van der Waals surface area contributed by atoms with Crippen LogP contribution in [0.15, 0.2) is 24.3 Å². The lowest BCUT2D eigenvalue weighted by molar-refractivity contribution is -0.142. The summed E-state index contributed by atoms with van der Waals surface area (Å²) in [6.07, 6.45) is 4.81. The molecule has 0 aromatic heterocycles. The van der Waals surface area contributed by atoms with E-state index in [1.165, 1.54) is 0 Å². The van der Waals surface area contributed by atoms with Crippen LogP contribution in [0.4, 0.5) is 0 Å². The summed E-state index contributed by atoms with van der Waals surface area (Å²) in [5.74, 6) is -0.322. The first kappa shape index (κ1) is 17.3. The Morgan fingerprint density at radius 2 is 1.83 bits per heavy atom. The van der Waals surface area contributed by atoms with E-state index >= 15 is 0 Å².